The first-order valence-electron chi connectivity index (χ1n) is 10.4. The van der Waals surface area contributed by atoms with E-state index in [4.69, 9.17) is 4.74 Å². The highest BCUT2D eigenvalue weighted by atomic mass is 19.1. The van der Waals surface area contributed by atoms with E-state index in [0.717, 1.165) is 25.7 Å². The fourth-order valence-electron chi connectivity index (χ4n) is 3.31. The lowest BCUT2D eigenvalue weighted by Gasteiger charge is -2.27. The maximum Gasteiger partial charge on any atom is 0.224 e. The summed E-state index contributed by atoms with van der Waals surface area (Å²) in [5.41, 5.74) is 1.35. The van der Waals surface area contributed by atoms with Crippen molar-refractivity contribution in [3.8, 4) is 17.0 Å². The van der Waals surface area contributed by atoms with Crippen LogP contribution in [0.4, 0.5) is 20.5 Å². The minimum Gasteiger partial charge on any atom is -0.489 e. The van der Waals surface area contributed by atoms with Crippen LogP contribution >= 0.6 is 0 Å². The third kappa shape index (κ3) is 6.22. The standard InChI is InChI=1S/C21H29F2N5O2/c1-2-14(23)11-25-21-26-13-18(19-8-7-17(12-24-19)30-10-9-22)20(28-21)27-15-3-5-16(29)6-4-15/h7-8,12-16,29H,2-6,9-11H2,1H3,(H2,25,26,27,28)/t14-,15?,16?/m0/s1. The molecule has 164 valence electrons. The van der Waals surface area contributed by atoms with E-state index in [0.29, 0.717) is 35.2 Å². The number of halogens is 2. The summed E-state index contributed by atoms with van der Waals surface area (Å²) in [7, 11) is 0. The van der Waals surface area contributed by atoms with Gasteiger partial charge in [-0.1, -0.05) is 6.92 Å². The van der Waals surface area contributed by atoms with Gasteiger partial charge in [0.2, 0.25) is 5.95 Å². The summed E-state index contributed by atoms with van der Waals surface area (Å²) in [5.74, 6) is 1.43. The number of nitrogens with zero attached hydrogens (tertiary/aromatic N) is 3. The second-order valence-corrected chi connectivity index (χ2v) is 7.41. The van der Waals surface area contributed by atoms with Gasteiger partial charge in [-0.3, -0.25) is 4.98 Å². The van der Waals surface area contributed by atoms with Crippen LogP contribution in [0.1, 0.15) is 39.0 Å². The molecule has 2 aromatic rings. The Morgan fingerprint density at radius 2 is 2.00 bits per heavy atom. The molecular weight excluding hydrogens is 392 g/mol. The second-order valence-electron chi connectivity index (χ2n) is 7.41. The van der Waals surface area contributed by atoms with E-state index in [-0.39, 0.29) is 25.3 Å². The van der Waals surface area contributed by atoms with Crippen molar-refractivity contribution >= 4 is 11.8 Å². The molecule has 1 fully saturated rings. The number of rotatable bonds is 10. The molecule has 30 heavy (non-hydrogen) atoms. The smallest absolute Gasteiger partial charge is 0.224 e. The molecule has 3 N–H and O–H groups in total. The number of aliphatic hydroxyl groups excluding tert-OH is 1. The number of hydrogen-bond donors (Lipinski definition) is 3. The average Bonchev–Trinajstić information content (AvgIpc) is 2.78. The number of alkyl halides is 2. The summed E-state index contributed by atoms with van der Waals surface area (Å²) < 4.78 is 31.1. The molecule has 2 aromatic heterocycles. The van der Waals surface area contributed by atoms with E-state index in [9.17, 15) is 13.9 Å². The molecule has 0 aliphatic heterocycles. The third-order valence-electron chi connectivity index (χ3n) is 5.11. The van der Waals surface area contributed by atoms with Crippen LogP contribution in [0.5, 0.6) is 5.75 Å². The number of ether oxygens (including phenoxy) is 1. The van der Waals surface area contributed by atoms with Gasteiger partial charge in [-0.05, 0) is 44.2 Å². The highest BCUT2D eigenvalue weighted by Gasteiger charge is 2.21. The van der Waals surface area contributed by atoms with E-state index in [1.807, 2.05) is 0 Å². The van der Waals surface area contributed by atoms with Gasteiger partial charge in [-0.15, -0.1) is 0 Å². The van der Waals surface area contributed by atoms with E-state index >= 15 is 0 Å². The van der Waals surface area contributed by atoms with E-state index in [2.05, 4.69) is 25.6 Å². The first kappa shape index (κ1) is 22.1. The number of anilines is 2. The van der Waals surface area contributed by atoms with E-state index in [1.165, 1.54) is 6.20 Å². The summed E-state index contributed by atoms with van der Waals surface area (Å²) in [6.07, 6.45) is 5.53. The highest BCUT2D eigenvalue weighted by Crippen LogP contribution is 2.29. The first-order chi connectivity index (χ1) is 14.6. The molecule has 9 heteroatoms. The summed E-state index contributed by atoms with van der Waals surface area (Å²) in [6.45, 7) is 1.35. The Bertz CT molecular complexity index is 785. The largest absolute Gasteiger partial charge is 0.489 e. The Labute approximate surface area is 175 Å². The van der Waals surface area contributed by atoms with Gasteiger partial charge in [0, 0.05) is 18.8 Å². The van der Waals surface area contributed by atoms with Gasteiger partial charge >= 0.3 is 0 Å². The van der Waals surface area contributed by atoms with Gasteiger partial charge in [0.05, 0.1) is 23.6 Å². The summed E-state index contributed by atoms with van der Waals surface area (Å²) in [5, 5.41) is 16.1. The van der Waals surface area contributed by atoms with E-state index < -0.39 is 12.8 Å². The molecule has 0 spiro atoms. The number of pyridine rings is 1. The Hall–Kier alpha value is -2.55. The zero-order valence-electron chi connectivity index (χ0n) is 17.2. The van der Waals surface area contributed by atoms with Gasteiger partial charge in [-0.2, -0.15) is 4.98 Å². The van der Waals surface area contributed by atoms with Crippen LogP contribution in [0, 0.1) is 0 Å². The Kier molecular flexibility index (Phi) is 8.12. The van der Waals surface area contributed by atoms with Gasteiger partial charge < -0.3 is 20.5 Å². The number of aliphatic hydroxyl groups is 1. The van der Waals surface area contributed by atoms with Crippen LogP contribution in [0.15, 0.2) is 24.5 Å². The molecule has 2 heterocycles. The molecule has 0 bridgehead atoms. The number of aromatic nitrogens is 3. The summed E-state index contributed by atoms with van der Waals surface area (Å²) >= 11 is 0. The molecule has 7 nitrogen and oxygen atoms in total. The second kappa shape index (κ2) is 11.0. The van der Waals surface area contributed by atoms with Crippen molar-refractivity contribution in [3.63, 3.8) is 0 Å². The highest BCUT2D eigenvalue weighted by molar-refractivity contribution is 5.73. The van der Waals surface area contributed by atoms with Crippen LogP contribution in [-0.4, -0.2) is 58.2 Å². The van der Waals surface area contributed by atoms with E-state index in [1.54, 1.807) is 25.3 Å². The molecule has 3 rings (SSSR count). The van der Waals surface area contributed by atoms with Gasteiger partial charge in [-0.25, -0.2) is 13.8 Å². The van der Waals surface area contributed by atoms with Crippen molar-refractivity contribution in [1.82, 2.24) is 15.0 Å². The molecular formula is C21H29F2N5O2. The molecule has 1 saturated carbocycles. The van der Waals surface area contributed by atoms with Crippen molar-refractivity contribution in [2.45, 2.75) is 57.3 Å². The van der Waals surface area contributed by atoms with Crippen LogP contribution < -0.4 is 15.4 Å². The first-order valence-corrected chi connectivity index (χ1v) is 10.4. The Balaban J connectivity index is 1.81. The third-order valence-corrected chi connectivity index (χ3v) is 5.11. The Morgan fingerprint density at radius 3 is 2.67 bits per heavy atom. The quantitative estimate of drug-likeness (QED) is 0.538. The molecule has 1 aliphatic carbocycles. The lowest BCUT2D eigenvalue weighted by molar-refractivity contribution is 0.126. The lowest BCUT2D eigenvalue weighted by Crippen LogP contribution is -2.29. The van der Waals surface area contributed by atoms with Crippen LogP contribution in [0.2, 0.25) is 0 Å². The SMILES string of the molecule is CC[C@H](F)CNc1ncc(-c2ccc(OCCF)cn2)c(NC2CCC(O)CC2)n1. The van der Waals surface area contributed by atoms with Crippen LogP contribution in [-0.2, 0) is 0 Å². The summed E-state index contributed by atoms with van der Waals surface area (Å²) in [6, 6.07) is 3.66. The van der Waals surface area contributed by atoms with Gasteiger partial charge in [0.1, 0.15) is 31.0 Å². The molecule has 1 atom stereocenters. The van der Waals surface area contributed by atoms with Crippen molar-refractivity contribution < 1.29 is 18.6 Å². The van der Waals surface area contributed by atoms with Gasteiger partial charge in [0.25, 0.3) is 0 Å². The number of nitrogens with one attached hydrogen (secondary N) is 2. The molecule has 0 aromatic carbocycles. The number of hydrogen-bond acceptors (Lipinski definition) is 7. The predicted octanol–water partition coefficient (Wildman–Crippen LogP) is 3.76. The fourth-order valence-corrected chi connectivity index (χ4v) is 3.31. The topological polar surface area (TPSA) is 92.2 Å². The zero-order valence-corrected chi connectivity index (χ0v) is 17.2. The van der Waals surface area contributed by atoms with Crippen molar-refractivity contribution in [2.24, 2.45) is 0 Å². The zero-order chi connectivity index (χ0) is 21.3. The van der Waals surface area contributed by atoms with Crippen molar-refractivity contribution in [3.05, 3.63) is 24.5 Å². The lowest BCUT2D eigenvalue weighted by atomic mass is 9.93. The van der Waals surface area contributed by atoms with Gasteiger partial charge in [0.15, 0.2) is 0 Å². The normalized spacial score (nSPS) is 19.9. The molecule has 0 unspecified atom stereocenters. The Morgan fingerprint density at radius 1 is 1.20 bits per heavy atom. The molecule has 0 saturated heterocycles. The van der Waals surface area contributed by atoms with Crippen LogP contribution in [0.25, 0.3) is 11.3 Å². The minimum atomic E-state index is -0.969. The summed E-state index contributed by atoms with van der Waals surface area (Å²) in [4.78, 5) is 13.3. The molecule has 0 radical (unpaired) electrons. The van der Waals surface area contributed by atoms with Crippen molar-refractivity contribution in [2.75, 3.05) is 30.5 Å². The fraction of sp³-hybridized carbons (Fsp3) is 0.571. The maximum atomic E-state index is 13.6. The monoisotopic (exact) mass is 421 g/mol. The van der Waals surface area contributed by atoms with Crippen LogP contribution in [0.3, 0.4) is 0 Å². The van der Waals surface area contributed by atoms with Crippen molar-refractivity contribution in [1.29, 1.82) is 0 Å². The minimum absolute atomic E-state index is 0.0157. The predicted molar refractivity (Wildman–Crippen MR) is 112 cm³/mol. The maximum absolute atomic E-state index is 13.6. The molecule has 1 aliphatic rings. The molecule has 0 amide bonds. The average molecular weight is 421 g/mol.